The molecule has 0 aliphatic carbocycles. The number of carbonyl (C=O) groups excluding carboxylic acids is 1. The second-order valence-electron chi connectivity index (χ2n) is 3.44. The number of phenolic OH excluding ortho intramolecular Hbond substituents is 1. The van der Waals surface area contributed by atoms with Crippen molar-refractivity contribution in [3.63, 3.8) is 0 Å². The van der Waals surface area contributed by atoms with Gasteiger partial charge in [-0.25, -0.2) is 0 Å². The molecule has 4 heteroatoms. The summed E-state index contributed by atoms with van der Waals surface area (Å²) >= 11 is 0. The first-order chi connectivity index (χ1) is 7.58. The Kier molecular flexibility index (Phi) is 3.94. The van der Waals surface area contributed by atoms with Gasteiger partial charge < -0.3 is 15.6 Å². The van der Waals surface area contributed by atoms with E-state index in [1.165, 1.54) is 7.11 Å². The number of allylic oxidation sites excluding steroid dienone is 1. The zero-order chi connectivity index (χ0) is 12.1. The van der Waals surface area contributed by atoms with Crippen LogP contribution in [-0.2, 0) is 17.6 Å². The summed E-state index contributed by atoms with van der Waals surface area (Å²) in [7, 11) is 1.46. The highest BCUT2D eigenvalue weighted by Crippen LogP contribution is 2.32. The van der Waals surface area contributed by atoms with Crippen LogP contribution >= 0.6 is 0 Å². The van der Waals surface area contributed by atoms with Gasteiger partial charge in [0.2, 0.25) is 5.91 Å². The van der Waals surface area contributed by atoms with Crippen LogP contribution in [0.4, 0.5) is 0 Å². The van der Waals surface area contributed by atoms with Gasteiger partial charge in [0.1, 0.15) is 0 Å². The number of carbonyl (C=O) groups is 1. The van der Waals surface area contributed by atoms with Crippen LogP contribution in [0.2, 0.25) is 0 Å². The Morgan fingerprint density at radius 2 is 2.31 bits per heavy atom. The molecule has 3 N–H and O–H groups in total. The molecular weight excluding hydrogens is 206 g/mol. The normalized spacial score (nSPS) is 9.81. The molecule has 0 unspecified atom stereocenters. The molecule has 0 bridgehead atoms. The van der Waals surface area contributed by atoms with Gasteiger partial charge in [-0.1, -0.05) is 12.1 Å². The Morgan fingerprint density at radius 3 is 2.81 bits per heavy atom. The van der Waals surface area contributed by atoms with Crippen molar-refractivity contribution in [2.45, 2.75) is 12.8 Å². The number of ether oxygens (including phenoxy) is 1. The maximum absolute atomic E-state index is 10.8. The number of primary amides is 1. The fraction of sp³-hybridized carbons (Fsp3) is 0.250. The van der Waals surface area contributed by atoms with Crippen molar-refractivity contribution in [2.75, 3.05) is 7.11 Å². The minimum atomic E-state index is -0.492. The molecule has 16 heavy (non-hydrogen) atoms. The van der Waals surface area contributed by atoms with E-state index >= 15 is 0 Å². The van der Waals surface area contributed by atoms with E-state index in [4.69, 9.17) is 10.5 Å². The summed E-state index contributed by atoms with van der Waals surface area (Å²) in [6.45, 7) is 3.63. The smallest absolute Gasteiger partial charge is 0.221 e. The average Bonchev–Trinajstić information content (AvgIpc) is 2.22. The SMILES string of the molecule is C=CCc1cc(CC(N)=O)c(O)c(OC)c1. The first-order valence-corrected chi connectivity index (χ1v) is 4.86. The number of hydrogen-bond acceptors (Lipinski definition) is 3. The molecule has 4 nitrogen and oxygen atoms in total. The number of aromatic hydroxyl groups is 1. The Bertz CT molecular complexity index is 413. The van der Waals surface area contributed by atoms with Gasteiger partial charge in [-0.05, 0) is 18.1 Å². The van der Waals surface area contributed by atoms with Crippen molar-refractivity contribution in [3.8, 4) is 11.5 Å². The highest BCUT2D eigenvalue weighted by molar-refractivity contribution is 5.78. The van der Waals surface area contributed by atoms with E-state index in [0.29, 0.717) is 17.7 Å². The number of rotatable bonds is 5. The molecule has 0 spiro atoms. The molecule has 0 aliphatic rings. The molecule has 1 amide bonds. The van der Waals surface area contributed by atoms with Crippen LogP contribution < -0.4 is 10.5 Å². The zero-order valence-electron chi connectivity index (χ0n) is 9.19. The van der Waals surface area contributed by atoms with Gasteiger partial charge in [0.05, 0.1) is 13.5 Å². The van der Waals surface area contributed by atoms with Crippen molar-refractivity contribution < 1.29 is 14.6 Å². The van der Waals surface area contributed by atoms with Gasteiger partial charge in [-0.3, -0.25) is 4.79 Å². The molecule has 0 saturated heterocycles. The topological polar surface area (TPSA) is 72.6 Å². The molecule has 0 heterocycles. The average molecular weight is 221 g/mol. The van der Waals surface area contributed by atoms with Crippen LogP contribution in [0.15, 0.2) is 24.8 Å². The van der Waals surface area contributed by atoms with E-state index < -0.39 is 5.91 Å². The van der Waals surface area contributed by atoms with E-state index in [-0.39, 0.29) is 12.2 Å². The zero-order valence-corrected chi connectivity index (χ0v) is 9.19. The predicted molar refractivity (Wildman–Crippen MR) is 61.5 cm³/mol. The first-order valence-electron chi connectivity index (χ1n) is 4.86. The minimum Gasteiger partial charge on any atom is -0.504 e. The van der Waals surface area contributed by atoms with Gasteiger partial charge in [0.25, 0.3) is 0 Å². The maximum Gasteiger partial charge on any atom is 0.221 e. The van der Waals surface area contributed by atoms with Crippen LogP contribution in [0, 0.1) is 0 Å². The van der Waals surface area contributed by atoms with Crippen LogP contribution in [-0.4, -0.2) is 18.1 Å². The molecule has 0 aliphatic heterocycles. The van der Waals surface area contributed by atoms with Crippen LogP contribution in [0.25, 0.3) is 0 Å². The molecule has 0 radical (unpaired) electrons. The summed E-state index contributed by atoms with van der Waals surface area (Å²) < 4.78 is 5.02. The molecule has 0 saturated carbocycles. The quantitative estimate of drug-likeness (QED) is 0.733. The molecule has 0 atom stereocenters. The summed E-state index contributed by atoms with van der Waals surface area (Å²) in [5.74, 6) is -0.183. The van der Waals surface area contributed by atoms with E-state index in [1.54, 1.807) is 18.2 Å². The molecule has 1 aromatic carbocycles. The third-order valence-electron chi connectivity index (χ3n) is 2.18. The summed E-state index contributed by atoms with van der Waals surface area (Å²) in [6.07, 6.45) is 2.37. The lowest BCUT2D eigenvalue weighted by Crippen LogP contribution is -2.14. The number of hydrogen-bond donors (Lipinski definition) is 2. The van der Waals surface area contributed by atoms with Gasteiger partial charge in [0.15, 0.2) is 11.5 Å². The Labute approximate surface area is 94.3 Å². The van der Waals surface area contributed by atoms with E-state index in [2.05, 4.69) is 6.58 Å². The molecule has 0 aromatic heterocycles. The number of benzene rings is 1. The fourth-order valence-electron chi connectivity index (χ4n) is 1.49. The highest BCUT2D eigenvalue weighted by atomic mass is 16.5. The second-order valence-corrected chi connectivity index (χ2v) is 3.44. The first kappa shape index (κ1) is 12.1. The van der Waals surface area contributed by atoms with E-state index in [0.717, 1.165) is 5.56 Å². The van der Waals surface area contributed by atoms with E-state index in [1.807, 2.05) is 0 Å². The number of phenols is 1. The maximum atomic E-state index is 10.8. The Hall–Kier alpha value is -1.97. The van der Waals surface area contributed by atoms with E-state index in [9.17, 15) is 9.90 Å². The van der Waals surface area contributed by atoms with Crippen molar-refractivity contribution in [1.29, 1.82) is 0 Å². The van der Waals surface area contributed by atoms with Crippen LogP contribution in [0.3, 0.4) is 0 Å². The summed E-state index contributed by atoms with van der Waals surface area (Å²) in [6, 6.07) is 3.44. The number of methoxy groups -OCH3 is 1. The Balaban J connectivity index is 3.17. The lowest BCUT2D eigenvalue weighted by Gasteiger charge is -2.10. The lowest BCUT2D eigenvalue weighted by atomic mass is 10.0. The Morgan fingerprint density at radius 1 is 1.62 bits per heavy atom. The van der Waals surface area contributed by atoms with Crippen LogP contribution in [0.5, 0.6) is 11.5 Å². The van der Waals surface area contributed by atoms with Crippen molar-refractivity contribution >= 4 is 5.91 Å². The third kappa shape index (κ3) is 2.76. The van der Waals surface area contributed by atoms with Gasteiger partial charge >= 0.3 is 0 Å². The standard InChI is InChI=1S/C12H15NO3/c1-3-4-8-5-9(7-11(13)14)12(15)10(6-8)16-2/h3,5-6,15H,1,4,7H2,2H3,(H2,13,14). The van der Waals surface area contributed by atoms with Gasteiger partial charge in [-0.15, -0.1) is 6.58 Å². The number of nitrogens with two attached hydrogens (primary N) is 1. The predicted octanol–water partition coefficient (Wildman–Crippen LogP) is 1.16. The fourth-order valence-corrected chi connectivity index (χ4v) is 1.49. The largest absolute Gasteiger partial charge is 0.504 e. The third-order valence-corrected chi connectivity index (χ3v) is 2.18. The number of amides is 1. The monoisotopic (exact) mass is 221 g/mol. The molecule has 1 aromatic rings. The van der Waals surface area contributed by atoms with Crippen LogP contribution in [0.1, 0.15) is 11.1 Å². The van der Waals surface area contributed by atoms with Crippen molar-refractivity contribution in [3.05, 3.63) is 35.9 Å². The molecule has 0 fully saturated rings. The van der Waals surface area contributed by atoms with Gasteiger partial charge in [-0.2, -0.15) is 0 Å². The minimum absolute atomic E-state index is 0.00677. The lowest BCUT2D eigenvalue weighted by molar-refractivity contribution is -0.117. The molecule has 1 rings (SSSR count). The summed E-state index contributed by atoms with van der Waals surface area (Å²) in [5.41, 5.74) is 6.49. The second kappa shape index (κ2) is 5.21. The summed E-state index contributed by atoms with van der Waals surface area (Å²) in [4.78, 5) is 10.8. The van der Waals surface area contributed by atoms with Crippen molar-refractivity contribution in [2.24, 2.45) is 5.73 Å². The van der Waals surface area contributed by atoms with Crippen molar-refractivity contribution in [1.82, 2.24) is 0 Å². The van der Waals surface area contributed by atoms with Gasteiger partial charge in [0, 0.05) is 5.56 Å². The highest BCUT2D eigenvalue weighted by Gasteiger charge is 2.11. The summed E-state index contributed by atoms with van der Waals surface area (Å²) in [5, 5.41) is 9.77. The molecular formula is C12H15NO3. The molecule has 86 valence electrons.